The molecule has 4 heteroatoms. The second-order valence-corrected chi connectivity index (χ2v) is 6.42. The van der Waals surface area contributed by atoms with Gasteiger partial charge < -0.3 is 5.73 Å². The third-order valence-corrected chi connectivity index (χ3v) is 4.68. The first-order chi connectivity index (χ1) is 9.47. The zero-order valence-corrected chi connectivity index (χ0v) is 12.9. The molecule has 0 radical (unpaired) electrons. The fourth-order valence-corrected chi connectivity index (χ4v) is 3.09. The maximum absolute atomic E-state index is 11.0. The highest BCUT2D eigenvalue weighted by atomic mass is 32.1. The van der Waals surface area contributed by atoms with Crippen LogP contribution in [0.25, 0.3) is 0 Å². The minimum Gasteiger partial charge on any atom is -0.366 e. The summed E-state index contributed by atoms with van der Waals surface area (Å²) in [6.45, 7) is 5.18. The molecule has 2 aromatic rings. The number of primary amides is 1. The molecule has 106 valence electrons. The summed E-state index contributed by atoms with van der Waals surface area (Å²) in [5.74, 6) is -0.382. The second-order valence-electron chi connectivity index (χ2n) is 5.10. The Balaban J connectivity index is 2.03. The molecule has 2 rings (SSSR count). The van der Waals surface area contributed by atoms with Gasteiger partial charge in [0, 0.05) is 27.9 Å². The molecule has 0 spiro atoms. The van der Waals surface area contributed by atoms with Crippen LogP contribution in [-0.4, -0.2) is 17.9 Å². The molecule has 0 bridgehead atoms. The van der Waals surface area contributed by atoms with Crippen LogP contribution in [-0.2, 0) is 6.54 Å². The lowest BCUT2D eigenvalue weighted by Crippen LogP contribution is -2.21. The molecule has 1 aromatic carbocycles. The molecule has 2 N–H and O–H groups in total. The zero-order chi connectivity index (χ0) is 14.7. The van der Waals surface area contributed by atoms with Crippen LogP contribution in [0.15, 0.2) is 36.4 Å². The number of benzene rings is 1. The van der Waals surface area contributed by atoms with Crippen molar-refractivity contribution in [3.8, 4) is 0 Å². The van der Waals surface area contributed by atoms with Gasteiger partial charge in [-0.25, -0.2) is 0 Å². The number of hydrogen-bond donors (Lipinski definition) is 1. The standard InChI is InChI=1S/C16H20N2OS/c1-11-4-9-15(20-11)12(2)18(3)10-13-5-7-14(8-6-13)16(17)19/h4-9,12H,10H2,1-3H3,(H2,17,19). The first kappa shape index (κ1) is 14.8. The minimum atomic E-state index is -0.382. The number of carbonyl (C=O) groups is 1. The molecular weight excluding hydrogens is 268 g/mol. The van der Waals surface area contributed by atoms with E-state index in [1.807, 2.05) is 23.5 Å². The molecule has 0 aliphatic rings. The highest BCUT2D eigenvalue weighted by Crippen LogP contribution is 2.27. The summed E-state index contributed by atoms with van der Waals surface area (Å²) < 4.78 is 0. The Labute approximate surface area is 124 Å². The van der Waals surface area contributed by atoms with Gasteiger partial charge in [0.05, 0.1) is 0 Å². The average molecular weight is 288 g/mol. The average Bonchev–Trinajstić information content (AvgIpc) is 2.85. The number of carbonyl (C=O) groups excluding carboxylic acids is 1. The van der Waals surface area contributed by atoms with Crippen LogP contribution in [0.1, 0.15) is 38.6 Å². The minimum absolute atomic E-state index is 0.379. The lowest BCUT2D eigenvalue weighted by molar-refractivity contribution is 0.100. The van der Waals surface area contributed by atoms with E-state index < -0.39 is 0 Å². The van der Waals surface area contributed by atoms with Gasteiger partial charge >= 0.3 is 0 Å². The predicted molar refractivity (Wildman–Crippen MR) is 83.9 cm³/mol. The van der Waals surface area contributed by atoms with Gasteiger partial charge in [-0.3, -0.25) is 9.69 Å². The van der Waals surface area contributed by atoms with E-state index in [0.717, 1.165) is 6.54 Å². The second kappa shape index (κ2) is 6.20. The van der Waals surface area contributed by atoms with Crippen molar-refractivity contribution in [3.63, 3.8) is 0 Å². The molecule has 0 aliphatic heterocycles. The van der Waals surface area contributed by atoms with Gasteiger partial charge in [-0.05, 0) is 50.7 Å². The molecule has 20 heavy (non-hydrogen) atoms. The van der Waals surface area contributed by atoms with Gasteiger partial charge in [-0.1, -0.05) is 12.1 Å². The molecule has 1 heterocycles. The number of aryl methyl sites for hydroxylation is 1. The van der Waals surface area contributed by atoms with Gasteiger partial charge in [0.2, 0.25) is 5.91 Å². The summed E-state index contributed by atoms with van der Waals surface area (Å²) in [7, 11) is 2.11. The largest absolute Gasteiger partial charge is 0.366 e. The first-order valence-electron chi connectivity index (χ1n) is 6.62. The third-order valence-electron chi connectivity index (χ3n) is 3.50. The quantitative estimate of drug-likeness (QED) is 0.917. The summed E-state index contributed by atoms with van der Waals surface area (Å²) in [5.41, 5.74) is 6.98. The lowest BCUT2D eigenvalue weighted by Gasteiger charge is -2.24. The van der Waals surface area contributed by atoms with Crippen LogP contribution < -0.4 is 5.73 Å². The maximum atomic E-state index is 11.0. The van der Waals surface area contributed by atoms with Crippen molar-refractivity contribution in [1.29, 1.82) is 0 Å². The van der Waals surface area contributed by atoms with Crippen molar-refractivity contribution >= 4 is 17.2 Å². The number of amides is 1. The third kappa shape index (κ3) is 3.46. The molecule has 0 aliphatic carbocycles. The van der Waals surface area contributed by atoms with Gasteiger partial charge in [0.15, 0.2) is 0 Å². The number of thiophene rings is 1. The molecule has 3 nitrogen and oxygen atoms in total. The predicted octanol–water partition coefficient (Wildman–Crippen LogP) is 3.35. The van der Waals surface area contributed by atoms with Crippen molar-refractivity contribution in [3.05, 3.63) is 57.3 Å². The molecule has 1 amide bonds. The lowest BCUT2D eigenvalue weighted by atomic mass is 10.1. The molecule has 0 saturated carbocycles. The Kier molecular flexibility index (Phi) is 4.57. The van der Waals surface area contributed by atoms with Gasteiger partial charge in [0.25, 0.3) is 0 Å². The number of rotatable bonds is 5. The topological polar surface area (TPSA) is 46.3 Å². The summed E-state index contributed by atoms with van der Waals surface area (Å²) in [4.78, 5) is 16.1. The van der Waals surface area contributed by atoms with Crippen molar-refractivity contribution in [1.82, 2.24) is 4.90 Å². The van der Waals surface area contributed by atoms with E-state index in [2.05, 4.69) is 37.9 Å². The van der Waals surface area contributed by atoms with E-state index in [9.17, 15) is 4.79 Å². The summed E-state index contributed by atoms with van der Waals surface area (Å²) >= 11 is 1.84. The highest BCUT2D eigenvalue weighted by Gasteiger charge is 2.13. The fraction of sp³-hybridized carbons (Fsp3) is 0.312. The smallest absolute Gasteiger partial charge is 0.248 e. The Bertz CT molecular complexity index is 589. The molecular formula is C16H20N2OS. The van der Waals surface area contributed by atoms with Crippen LogP contribution in [0.4, 0.5) is 0 Å². The Morgan fingerprint density at radius 3 is 2.40 bits per heavy atom. The Morgan fingerprint density at radius 2 is 1.90 bits per heavy atom. The SMILES string of the molecule is Cc1ccc(C(C)N(C)Cc2ccc(C(N)=O)cc2)s1. The summed E-state index contributed by atoms with van der Waals surface area (Å²) in [5, 5.41) is 0. The van der Waals surface area contributed by atoms with E-state index in [1.165, 1.54) is 15.3 Å². The van der Waals surface area contributed by atoms with E-state index in [-0.39, 0.29) is 5.91 Å². The van der Waals surface area contributed by atoms with E-state index in [1.54, 1.807) is 12.1 Å². The van der Waals surface area contributed by atoms with E-state index in [4.69, 9.17) is 5.73 Å². The monoisotopic (exact) mass is 288 g/mol. The summed E-state index contributed by atoms with van der Waals surface area (Å²) in [6.07, 6.45) is 0. The van der Waals surface area contributed by atoms with Crippen molar-refractivity contribution in [2.75, 3.05) is 7.05 Å². The van der Waals surface area contributed by atoms with E-state index in [0.29, 0.717) is 11.6 Å². The molecule has 0 fully saturated rings. The molecule has 0 saturated heterocycles. The van der Waals surface area contributed by atoms with Crippen LogP contribution >= 0.6 is 11.3 Å². The van der Waals surface area contributed by atoms with Crippen molar-refractivity contribution in [2.45, 2.75) is 26.4 Å². The highest BCUT2D eigenvalue weighted by molar-refractivity contribution is 7.12. The Hall–Kier alpha value is -1.65. The molecule has 1 atom stereocenters. The van der Waals surface area contributed by atoms with Crippen LogP contribution in [0.3, 0.4) is 0 Å². The molecule has 1 aromatic heterocycles. The Morgan fingerprint density at radius 1 is 1.25 bits per heavy atom. The number of nitrogens with zero attached hydrogens (tertiary/aromatic N) is 1. The number of nitrogens with two attached hydrogens (primary N) is 1. The zero-order valence-electron chi connectivity index (χ0n) is 12.1. The fourth-order valence-electron chi connectivity index (χ4n) is 2.09. The van der Waals surface area contributed by atoms with Crippen molar-refractivity contribution < 1.29 is 4.79 Å². The summed E-state index contributed by atoms with van der Waals surface area (Å²) in [6, 6.07) is 12.2. The van der Waals surface area contributed by atoms with Crippen LogP contribution in [0.2, 0.25) is 0 Å². The van der Waals surface area contributed by atoms with Crippen LogP contribution in [0.5, 0.6) is 0 Å². The van der Waals surface area contributed by atoms with Gasteiger partial charge in [0.1, 0.15) is 0 Å². The first-order valence-corrected chi connectivity index (χ1v) is 7.44. The van der Waals surface area contributed by atoms with Gasteiger partial charge in [-0.2, -0.15) is 0 Å². The normalized spacial score (nSPS) is 12.6. The van der Waals surface area contributed by atoms with Gasteiger partial charge in [-0.15, -0.1) is 11.3 Å². The van der Waals surface area contributed by atoms with E-state index >= 15 is 0 Å². The molecule has 1 unspecified atom stereocenters. The number of hydrogen-bond acceptors (Lipinski definition) is 3. The maximum Gasteiger partial charge on any atom is 0.248 e. The van der Waals surface area contributed by atoms with Crippen LogP contribution in [0, 0.1) is 6.92 Å². The van der Waals surface area contributed by atoms with Crippen molar-refractivity contribution in [2.24, 2.45) is 5.73 Å².